The molecule has 0 fully saturated rings. The van der Waals surface area contributed by atoms with Crippen molar-refractivity contribution in [1.82, 2.24) is 4.90 Å². The Kier molecular flexibility index (Phi) is 6.48. The van der Waals surface area contributed by atoms with E-state index in [1.54, 1.807) is 31.1 Å². The SMILES string of the molecule is COCCN(C(=O)Nc1cccc(C(C)O)c1)C(C)C. The quantitative estimate of drug-likeness (QED) is 0.842. The van der Waals surface area contributed by atoms with Crippen molar-refractivity contribution >= 4 is 11.7 Å². The minimum Gasteiger partial charge on any atom is -0.389 e. The Labute approximate surface area is 120 Å². The molecule has 2 N–H and O–H groups in total. The van der Waals surface area contributed by atoms with Gasteiger partial charge in [-0.25, -0.2) is 4.79 Å². The molecule has 0 aliphatic rings. The summed E-state index contributed by atoms with van der Waals surface area (Å²) in [5, 5.41) is 12.4. The molecule has 20 heavy (non-hydrogen) atoms. The number of ether oxygens (including phenoxy) is 1. The van der Waals surface area contributed by atoms with Gasteiger partial charge in [0.05, 0.1) is 12.7 Å². The molecule has 0 aliphatic carbocycles. The van der Waals surface area contributed by atoms with E-state index in [2.05, 4.69) is 5.32 Å². The molecule has 1 atom stereocenters. The summed E-state index contributed by atoms with van der Waals surface area (Å²) in [7, 11) is 1.61. The van der Waals surface area contributed by atoms with Gasteiger partial charge in [0.2, 0.25) is 0 Å². The fourth-order valence-electron chi connectivity index (χ4n) is 1.86. The smallest absolute Gasteiger partial charge is 0.322 e. The minimum absolute atomic E-state index is 0.0881. The van der Waals surface area contributed by atoms with Crippen LogP contribution in [0.5, 0.6) is 0 Å². The number of carbonyl (C=O) groups is 1. The molecule has 0 spiro atoms. The lowest BCUT2D eigenvalue weighted by Crippen LogP contribution is -2.42. The van der Waals surface area contributed by atoms with E-state index in [-0.39, 0.29) is 12.1 Å². The standard InChI is InChI=1S/C15H24N2O3/c1-11(2)17(8-9-20-4)15(19)16-14-7-5-6-13(10-14)12(3)18/h5-7,10-12,18H,8-9H2,1-4H3,(H,16,19). The van der Waals surface area contributed by atoms with Crippen LogP contribution in [0.15, 0.2) is 24.3 Å². The highest BCUT2D eigenvalue weighted by molar-refractivity contribution is 5.89. The van der Waals surface area contributed by atoms with Crippen LogP contribution in [0.25, 0.3) is 0 Å². The first-order chi connectivity index (χ1) is 9.45. The van der Waals surface area contributed by atoms with Crippen LogP contribution < -0.4 is 5.32 Å². The number of nitrogens with zero attached hydrogens (tertiary/aromatic N) is 1. The number of methoxy groups -OCH3 is 1. The summed E-state index contributed by atoms with van der Waals surface area (Å²) >= 11 is 0. The maximum atomic E-state index is 12.2. The zero-order chi connectivity index (χ0) is 15.1. The Hall–Kier alpha value is -1.59. The van der Waals surface area contributed by atoms with Gasteiger partial charge in [-0.15, -0.1) is 0 Å². The van der Waals surface area contributed by atoms with Crippen LogP contribution in [0, 0.1) is 0 Å². The van der Waals surface area contributed by atoms with E-state index in [0.717, 1.165) is 5.56 Å². The Morgan fingerprint density at radius 1 is 1.40 bits per heavy atom. The third-order valence-corrected chi connectivity index (χ3v) is 3.04. The van der Waals surface area contributed by atoms with Gasteiger partial charge in [0.15, 0.2) is 0 Å². The Bertz CT molecular complexity index is 433. The molecule has 0 bridgehead atoms. The largest absolute Gasteiger partial charge is 0.389 e. The van der Waals surface area contributed by atoms with Crippen molar-refractivity contribution in [3.8, 4) is 0 Å². The summed E-state index contributed by atoms with van der Waals surface area (Å²) in [6.07, 6.45) is -0.554. The number of benzene rings is 1. The summed E-state index contributed by atoms with van der Waals surface area (Å²) in [6.45, 7) is 6.65. The van der Waals surface area contributed by atoms with Gasteiger partial charge in [-0.05, 0) is 38.5 Å². The van der Waals surface area contributed by atoms with Crippen molar-refractivity contribution in [2.45, 2.75) is 32.9 Å². The topological polar surface area (TPSA) is 61.8 Å². The van der Waals surface area contributed by atoms with E-state index < -0.39 is 6.10 Å². The van der Waals surface area contributed by atoms with Gasteiger partial charge >= 0.3 is 6.03 Å². The molecule has 5 nitrogen and oxygen atoms in total. The summed E-state index contributed by atoms with van der Waals surface area (Å²) < 4.78 is 5.02. The van der Waals surface area contributed by atoms with Gasteiger partial charge in [-0.1, -0.05) is 12.1 Å². The van der Waals surface area contributed by atoms with Gasteiger partial charge in [-0.2, -0.15) is 0 Å². The number of hydrogen-bond acceptors (Lipinski definition) is 3. The normalized spacial score (nSPS) is 12.3. The van der Waals surface area contributed by atoms with Gasteiger partial charge in [0.1, 0.15) is 0 Å². The Balaban J connectivity index is 2.74. The molecule has 0 heterocycles. The maximum absolute atomic E-state index is 12.2. The summed E-state index contributed by atoms with van der Waals surface area (Å²) in [5.74, 6) is 0. The van der Waals surface area contributed by atoms with Crippen LogP contribution in [-0.4, -0.2) is 42.3 Å². The van der Waals surface area contributed by atoms with Crippen LogP contribution in [0.1, 0.15) is 32.4 Å². The lowest BCUT2D eigenvalue weighted by Gasteiger charge is -2.26. The number of urea groups is 1. The van der Waals surface area contributed by atoms with E-state index in [0.29, 0.717) is 18.8 Å². The molecule has 0 aliphatic heterocycles. The molecule has 5 heteroatoms. The van der Waals surface area contributed by atoms with E-state index in [1.807, 2.05) is 26.0 Å². The Morgan fingerprint density at radius 3 is 2.65 bits per heavy atom. The Morgan fingerprint density at radius 2 is 2.10 bits per heavy atom. The zero-order valence-corrected chi connectivity index (χ0v) is 12.6. The fourth-order valence-corrected chi connectivity index (χ4v) is 1.86. The maximum Gasteiger partial charge on any atom is 0.322 e. The van der Waals surface area contributed by atoms with Crippen molar-refractivity contribution in [2.24, 2.45) is 0 Å². The lowest BCUT2D eigenvalue weighted by atomic mass is 10.1. The molecule has 112 valence electrons. The number of nitrogens with one attached hydrogen (secondary N) is 1. The molecule has 1 unspecified atom stereocenters. The molecule has 0 aromatic heterocycles. The molecule has 0 saturated heterocycles. The van der Waals surface area contributed by atoms with Crippen molar-refractivity contribution in [3.05, 3.63) is 29.8 Å². The summed E-state index contributed by atoms with van der Waals surface area (Å²) in [5.41, 5.74) is 1.45. The van der Waals surface area contributed by atoms with Gasteiger partial charge in [0, 0.05) is 25.4 Å². The monoisotopic (exact) mass is 280 g/mol. The lowest BCUT2D eigenvalue weighted by molar-refractivity contribution is 0.143. The average Bonchev–Trinajstić information content (AvgIpc) is 2.39. The highest BCUT2D eigenvalue weighted by atomic mass is 16.5. The predicted molar refractivity (Wildman–Crippen MR) is 79.8 cm³/mol. The number of amides is 2. The highest BCUT2D eigenvalue weighted by Gasteiger charge is 2.16. The predicted octanol–water partition coefficient (Wildman–Crippen LogP) is 2.63. The van der Waals surface area contributed by atoms with Crippen LogP contribution in [0.4, 0.5) is 10.5 Å². The van der Waals surface area contributed by atoms with E-state index in [9.17, 15) is 9.90 Å². The molecular weight excluding hydrogens is 256 g/mol. The van der Waals surface area contributed by atoms with Gasteiger partial charge in [0.25, 0.3) is 0 Å². The minimum atomic E-state index is -0.554. The second-order valence-electron chi connectivity index (χ2n) is 5.01. The van der Waals surface area contributed by atoms with Gasteiger partial charge < -0.3 is 20.1 Å². The number of carbonyl (C=O) groups excluding carboxylic acids is 1. The van der Waals surface area contributed by atoms with Crippen LogP contribution >= 0.6 is 0 Å². The van der Waals surface area contributed by atoms with Crippen molar-refractivity contribution in [1.29, 1.82) is 0 Å². The number of rotatable bonds is 6. The van der Waals surface area contributed by atoms with E-state index in [1.165, 1.54) is 0 Å². The molecule has 1 aromatic rings. The first kappa shape index (κ1) is 16.5. The average molecular weight is 280 g/mol. The van der Waals surface area contributed by atoms with E-state index in [4.69, 9.17) is 4.74 Å². The zero-order valence-electron chi connectivity index (χ0n) is 12.6. The number of hydrogen-bond donors (Lipinski definition) is 2. The third kappa shape index (κ3) is 4.83. The number of aliphatic hydroxyl groups is 1. The van der Waals surface area contributed by atoms with Crippen molar-refractivity contribution in [3.63, 3.8) is 0 Å². The molecule has 0 saturated carbocycles. The number of anilines is 1. The second kappa shape index (κ2) is 7.87. The van der Waals surface area contributed by atoms with Crippen LogP contribution in [0.3, 0.4) is 0 Å². The third-order valence-electron chi connectivity index (χ3n) is 3.04. The first-order valence-corrected chi connectivity index (χ1v) is 6.80. The molecular formula is C15H24N2O3. The van der Waals surface area contributed by atoms with Crippen LogP contribution in [-0.2, 0) is 4.74 Å². The second-order valence-corrected chi connectivity index (χ2v) is 5.01. The number of aliphatic hydroxyl groups excluding tert-OH is 1. The highest BCUT2D eigenvalue weighted by Crippen LogP contribution is 2.17. The molecule has 1 rings (SSSR count). The van der Waals surface area contributed by atoms with Gasteiger partial charge in [-0.3, -0.25) is 0 Å². The molecule has 0 radical (unpaired) electrons. The first-order valence-electron chi connectivity index (χ1n) is 6.80. The van der Waals surface area contributed by atoms with Crippen LogP contribution in [0.2, 0.25) is 0 Å². The van der Waals surface area contributed by atoms with Crippen molar-refractivity contribution < 1.29 is 14.6 Å². The molecule has 1 aromatic carbocycles. The molecule has 2 amide bonds. The summed E-state index contributed by atoms with van der Waals surface area (Å²) in [4.78, 5) is 13.9. The fraction of sp³-hybridized carbons (Fsp3) is 0.533. The summed E-state index contributed by atoms with van der Waals surface area (Å²) in [6, 6.07) is 7.14. The van der Waals surface area contributed by atoms with E-state index >= 15 is 0 Å². The van der Waals surface area contributed by atoms with Crippen molar-refractivity contribution in [2.75, 3.05) is 25.6 Å².